The highest BCUT2D eigenvalue weighted by molar-refractivity contribution is 8.18. The fourth-order valence-corrected chi connectivity index (χ4v) is 4.89. The zero-order valence-electron chi connectivity index (χ0n) is 15.1. The number of hydrogen-bond donors (Lipinski definition) is 1. The van der Waals surface area contributed by atoms with Gasteiger partial charge in [-0.3, -0.25) is 9.79 Å². The molecular formula is C20H21N3O2S2. The van der Waals surface area contributed by atoms with E-state index >= 15 is 0 Å². The van der Waals surface area contributed by atoms with Crippen LogP contribution in [0.1, 0.15) is 37.8 Å². The molecule has 0 radical (unpaired) electrons. The predicted octanol–water partition coefficient (Wildman–Crippen LogP) is 4.71. The van der Waals surface area contributed by atoms with Gasteiger partial charge in [0.2, 0.25) is 0 Å². The van der Waals surface area contributed by atoms with Crippen LogP contribution in [-0.4, -0.2) is 29.2 Å². The lowest BCUT2D eigenvalue weighted by atomic mass is 9.96. The van der Waals surface area contributed by atoms with E-state index in [2.05, 4.69) is 10.3 Å². The van der Waals surface area contributed by atoms with E-state index in [1.807, 2.05) is 35.7 Å². The number of thioether (sulfide) groups is 1. The molecule has 2 heterocycles. The molecule has 4 rings (SSSR count). The molecule has 0 unspecified atom stereocenters. The Morgan fingerprint density at radius 1 is 1.30 bits per heavy atom. The molecule has 27 heavy (non-hydrogen) atoms. The summed E-state index contributed by atoms with van der Waals surface area (Å²) in [5, 5.41) is 6.48. The van der Waals surface area contributed by atoms with Crippen molar-refractivity contribution in [2.45, 2.75) is 38.1 Å². The van der Waals surface area contributed by atoms with Crippen LogP contribution in [0.4, 0.5) is 0 Å². The second kappa shape index (κ2) is 8.27. The Bertz CT molecular complexity index is 898. The molecule has 1 aliphatic heterocycles. The largest absolute Gasteiger partial charge is 0.497 e. The summed E-state index contributed by atoms with van der Waals surface area (Å²) in [4.78, 5) is 22.3. The summed E-state index contributed by atoms with van der Waals surface area (Å²) in [5.74, 6) is 0.711. The number of nitrogens with zero attached hydrogens (tertiary/aromatic N) is 2. The third kappa shape index (κ3) is 4.42. The number of methoxy groups -OCH3 is 1. The Morgan fingerprint density at radius 2 is 2.15 bits per heavy atom. The van der Waals surface area contributed by atoms with Crippen molar-refractivity contribution in [2.75, 3.05) is 7.11 Å². The standard InChI is InChI=1S/C20H21N3O2S2/c1-25-16-9-5-6-13(10-16)19-21-15(12-26-19)11-17-18(24)23-20(27-17)22-14-7-3-2-4-8-14/h5-6,9-12,14H,2-4,7-8H2,1H3,(H,22,23,24). The molecule has 2 fully saturated rings. The van der Waals surface area contributed by atoms with Crippen LogP contribution in [0, 0.1) is 0 Å². The third-order valence-electron chi connectivity index (χ3n) is 4.64. The molecule has 1 aromatic carbocycles. The number of aliphatic imine (C=N–C) groups is 1. The minimum Gasteiger partial charge on any atom is -0.497 e. The van der Waals surface area contributed by atoms with E-state index in [0.717, 1.165) is 40.0 Å². The Hall–Kier alpha value is -2.12. The fourth-order valence-electron chi connectivity index (χ4n) is 3.24. The zero-order valence-corrected chi connectivity index (χ0v) is 16.7. The molecule has 1 saturated carbocycles. The highest BCUT2D eigenvalue weighted by Crippen LogP contribution is 2.31. The number of thiazole rings is 1. The lowest BCUT2D eigenvalue weighted by molar-refractivity contribution is -0.115. The van der Waals surface area contributed by atoms with Crippen LogP contribution in [0.2, 0.25) is 0 Å². The summed E-state index contributed by atoms with van der Waals surface area (Å²) < 4.78 is 5.27. The smallest absolute Gasteiger partial charge is 0.264 e. The van der Waals surface area contributed by atoms with Crippen LogP contribution >= 0.6 is 23.1 Å². The first-order valence-corrected chi connectivity index (χ1v) is 10.8. The van der Waals surface area contributed by atoms with Crippen LogP contribution in [0.3, 0.4) is 0 Å². The molecule has 7 heteroatoms. The average Bonchev–Trinajstić information content (AvgIpc) is 3.30. The molecular weight excluding hydrogens is 378 g/mol. The Labute approximate surface area is 167 Å². The topological polar surface area (TPSA) is 63.6 Å². The number of amides is 1. The number of aromatic nitrogens is 1. The van der Waals surface area contributed by atoms with Gasteiger partial charge in [0.25, 0.3) is 5.91 Å². The van der Waals surface area contributed by atoms with Crippen LogP contribution < -0.4 is 10.1 Å². The van der Waals surface area contributed by atoms with Gasteiger partial charge in [0, 0.05) is 10.9 Å². The fraction of sp³-hybridized carbons (Fsp3) is 0.350. The van der Waals surface area contributed by atoms with Crippen LogP contribution in [-0.2, 0) is 4.79 Å². The normalized spacial score (nSPS) is 21.0. The number of carbonyl (C=O) groups is 1. The third-order valence-corrected chi connectivity index (χ3v) is 6.48. The van der Waals surface area contributed by atoms with Gasteiger partial charge in [-0.2, -0.15) is 0 Å². The highest BCUT2D eigenvalue weighted by atomic mass is 32.2. The van der Waals surface area contributed by atoms with Crippen LogP contribution in [0.25, 0.3) is 16.6 Å². The molecule has 1 amide bonds. The Kier molecular flexibility index (Phi) is 5.59. The lowest BCUT2D eigenvalue weighted by Gasteiger charge is -2.17. The van der Waals surface area contributed by atoms with Gasteiger partial charge < -0.3 is 10.1 Å². The first kappa shape index (κ1) is 18.3. The summed E-state index contributed by atoms with van der Waals surface area (Å²) >= 11 is 2.97. The summed E-state index contributed by atoms with van der Waals surface area (Å²) in [6.07, 6.45) is 7.84. The number of hydrogen-bond acceptors (Lipinski definition) is 6. The van der Waals surface area contributed by atoms with Crippen molar-refractivity contribution >= 4 is 40.2 Å². The maximum atomic E-state index is 12.3. The number of rotatable bonds is 4. The van der Waals surface area contributed by atoms with Crippen molar-refractivity contribution < 1.29 is 9.53 Å². The molecule has 1 aromatic heterocycles. The Balaban J connectivity index is 1.49. The van der Waals surface area contributed by atoms with Gasteiger partial charge in [0.05, 0.1) is 23.8 Å². The quantitative estimate of drug-likeness (QED) is 0.756. The first-order chi connectivity index (χ1) is 13.2. The van der Waals surface area contributed by atoms with Crippen molar-refractivity contribution in [3.05, 3.63) is 40.2 Å². The molecule has 140 valence electrons. The number of ether oxygens (including phenoxy) is 1. The van der Waals surface area contributed by atoms with Crippen molar-refractivity contribution in [1.29, 1.82) is 0 Å². The van der Waals surface area contributed by atoms with Gasteiger partial charge in [0.15, 0.2) is 5.17 Å². The summed E-state index contributed by atoms with van der Waals surface area (Å²) in [5.41, 5.74) is 1.79. The average molecular weight is 400 g/mol. The summed E-state index contributed by atoms with van der Waals surface area (Å²) in [7, 11) is 1.65. The maximum Gasteiger partial charge on any atom is 0.264 e. The number of carbonyl (C=O) groups excluding carboxylic acids is 1. The minimum absolute atomic E-state index is 0.0921. The second-order valence-electron chi connectivity index (χ2n) is 6.60. The molecule has 2 aliphatic rings. The number of benzene rings is 1. The van der Waals surface area contributed by atoms with E-state index in [9.17, 15) is 4.79 Å². The van der Waals surface area contributed by atoms with Crippen molar-refractivity contribution in [3.8, 4) is 16.3 Å². The van der Waals surface area contributed by atoms with Gasteiger partial charge in [0.1, 0.15) is 10.8 Å². The summed E-state index contributed by atoms with van der Waals surface area (Å²) in [6.45, 7) is 0. The number of amidine groups is 1. The lowest BCUT2D eigenvalue weighted by Crippen LogP contribution is -2.22. The van der Waals surface area contributed by atoms with E-state index in [-0.39, 0.29) is 5.91 Å². The molecule has 0 spiro atoms. The van der Waals surface area contributed by atoms with Crippen LogP contribution in [0.15, 0.2) is 39.5 Å². The molecule has 1 N–H and O–H groups in total. The molecule has 0 atom stereocenters. The van der Waals surface area contributed by atoms with E-state index in [1.54, 1.807) is 18.4 Å². The van der Waals surface area contributed by atoms with E-state index < -0.39 is 0 Å². The molecule has 1 aliphatic carbocycles. The molecule has 0 bridgehead atoms. The van der Waals surface area contributed by atoms with Crippen molar-refractivity contribution in [3.63, 3.8) is 0 Å². The van der Waals surface area contributed by atoms with E-state index in [4.69, 9.17) is 9.73 Å². The first-order valence-electron chi connectivity index (χ1n) is 9.10. The van der Waals surface area contributed by atoms with Crippen molar-refractivity contribution in [2.24, 2.45) is 4.99 Å². The van der Waals surface area contributed by atoms with Gasteiger partial charge >= 0.3 is 0 Å². The SMILES string of the molecule is COc1cccc(-c2nc(C=C3SC(=NC4CCCCC4)NC3=O)cs2)c1. The summed E-state index contributed by atoms with van der Waals surface area (Å²) in [6, 6.07) is 8.17. The van der Waals surface area contributed by atoms with Gasteiger partial charge in [-0.25, -0.2) is 4.98 Å². The van der Waals surface area contributed by atoms with Gasteiger partial charge in [-0.1, -0.05) is 31.4 Å². The molecule has 1 saturated heterocycles. The van der Waals surface area contributed by atoms with Gasteiger partial charge in [-0.05, 0) is 42.8 Å². The van der Waals surface area contributed by atoms with Crippen LogP contribution in [0.5, 0.6) is 5.75 Å². The molecule has 5 nitrogen and oxygen atoms in total. The second-order valence-corrected chi connectivity index (χ2v) is 8.49. The number of nitrogens with one attached hydrogen (secondary N) is 1. The van der Waals surface area contributed by atoms with Crippen molar-refractivity contribution in [1.82, 2.24) is 10.3 Å². The highest BCUT2D eigenvalue weighted by Gasteiger charge is 2.25. The zero-order chi connectivity index (χ0) is 18.6. The molecule has 2 aromatic rings. The van der Waals surface area contributed by atoms with E-state index in [0.29, 0.717) is 10.9 Å². The Morgan fingerprint density at radius 3 is 2.96 bits per heavy atom. The minimum atomic E-state index is -0.0921. The monoisotopic (exact) mass is 399 g/mol. The maximum absolute atomic E-state index is 12.3. The predicted molar refractivity (Wildman–Crippen MR) is 112 cm³/mol. The van der Waals surface area contributed by atoms with E-state index in [1.165, 1.54) is 31.0 Å². The van der Waals surface area contributed by atoms with Gasteiger partial charge in [-0.15, -0.1) is 11.3 Å².